The predicted octanol–water partition coefficient (Wildman–Crippen LogP) is 2.95. The number of nitrogens with zero attached hydrogens (tertiary/aromatic N) is 2. The second kappa shape index (κ2) is 10.1. The zero-order chi connectivity index (χ0) is 20.6. The maximum Gasteiger partial charge on any atom is 0.317 e. The van der Waals surface area contributed by atoms with Gasteiger partial charge in [0.2, 0.25) is 5.91 Å². The Bertz CT molecular complexity index is 839. The largest absolute Gasteiger partial charge is 0.492 e. The van der Waals surface area contributed by atoms with Gasteiger partial charge in [0, 0.05) is 31.2 Å². The standard InChI is InChI=1S/C21H23ClFN3O3/c22-19-4-2-1-3-16(19)15-20(27)25-10-12-26(13-11-25)21(28)24-9-14-29-18-7-5-17(23)6-8-18/h1-8H,9-15H2,(H,24,28). The molecule has 0 saturated carbocycles. The number of urea groups is 1. The Balaban J connectivity index is 1.36. The summed E-state index contributed by atoms with van der Waals surface area (Å²) in [5.41, 5.74) is 0.806. The quantitative estimate of drug-likeness (QED) is 0.732. The van der Waals surface area contributed by atoms with Crippen LogP contribution < -0.4 is 10.1 Å². The van der Waals surface area contributed by atoms with Gasteiger partial charge in [0.1, 0.15) is 18.2 Å². The smallest absolute Gasteiger partial charge is 0.317 e. The Hall–Kier alpha value is -2.80. The Morgan fingerprint density at radius 3 is 2.34 bits per heavy atom. The molecule has 29 heavy (non-hydrogen) atoms. The van der Waals surface area contributed by atoms with Crippen molar-refractivity contribution in [3.8, 4) is 5.75 Å². The zero-order valence-corrected chi connectivity index (χ0v) is 16.7. The first-order valence-corrected chi connectivity index (χ1v) is 9.83. The molecule has 154 valence electrons. The van der Waals surface area contributed by atoms with Crippen LogP contribution in [0.2, 0.25) is 5.02 Å². The van der Waals surface area contributed by atoms with E-state index in [1.165, 1.54) is 24.3 Å². The van der Waals surface area contributed by atoms with Crippen LogP contribution in [-0.4, -0.2) is 61.1 Å². The van der Waals surface area contributed by atoms with Crippen LogP contribution in [0.25, 0.3) is 0 Å². The molecule has 6 nitrogen and oxygen atoms in total. The number of amides is 3. The lowest BCUT2D eigenvalue weighted by atomic mass is 10.1. The van der Waals surface area contributed by atoms with Gasteiger partial charge in [-0.25, -0.2) is 9.18 Å². The summed E-state index contributed by atoms with van der Waals surface area (Å²) in [7, 11) is 0. The van der Waals surface area contributed by atoms with Gasteiger partial charge in [-0.05, 0) is 35.9 Å². The molecule has 1 fully saturated rings. The Morgan fingerprint density at radius 1 is 1.00 bits per heavy atom. The molecule has 1 saturated heterocycles. The SMILES string of the molecule is O=C(Cc1ccccc1Cl)N1CCN(C(=O)NCCOc2ccc(F)cc2)CC1. The zero-order valence-electron chi connectivity index (χ0n) is 15.9. The van der Waals surface area contributed by atoms with Crippen LogP contribution in [0, 0.1) is 5.82 Å². The van der Waals surface area contributed by atoms with Crippen molar-refractivity contribution in [2.45, 2.75) is 6.42 Å². The molecule has 0 unspecified atom stereocenters. The average Bonchev–Trinajstić information content (AvgIpc) is 2.74. The number of rotatable bonds is 6. The molecule has 0 spiro atoms. The van der Waals surface area contributed by atoms with Gasteiger partial charge in [-0.1, -0.05) is 29.8 Å². The first-order chi connectivity index (χ1) is 14.0. The predicted molar refractivity (Wildman–Crippen MR) is 109 cm³/mol. The Labute approximate surface area is 174 Å². The van der Waals surface area contributed by atoms with Crippen molar-refractivity contribution < 1.29 is 18.7 Å². The number of carbonyl (C=O) groups excluding carboxylic acids is 2. The molecular formula is C21H23ClFN3O3. The lowest BCUT2D eigenvalue weighted by molar-refractivity contribution is -0.131. The molecule has 1 N–H and O–H groups in total. The van der Waals surface area contributed by atoms with Crippen molar-refractivity contribution in [2.24, 2.45) is 0 Å². The van der Waals surface area contributed by atoms with E-state index in [0.29, 0.717) is 43.5 Å². The highest BCUT2D eigenvalue weighted by Crippen LogP contribution is 2.17. The van der Waals surface area contributed by atoms with E-state index in [1.54, 1.807) is 15.9 Å². The van der Waals surface area contributed by atoms with Crippen molar-refractivity contribution in [2.75, 3.05) is 39.3 Å². The van der Waals surface area contributed by atoms with E-state index in [1.807, 2.05) is 18.2 Å². The minimum Gasteiger partial charge on any atom is -0.492 e. The fraction of sp³-hybridized carbons (Fsp3) is 0.333. The van der Waals surface area contributed by atoms with Crippen molar-refractivity contribution in [1.29, 1.82) is 0 Å². The van der Waals surface area contributed by atoms with Crippen LogP contribution in [0.1, 0.15) is 5.56 Å². The van der Waals surface area contributed by atoms with E-state index in [0.717, 1.165) is 5.56 Å². The van der Waals surface area contributed by atoms with Gasteiger partial charge in [0.15, 0.2) is 0 Å². The van der Waals surface area contributed by atoms with E-state index >= 15 is 0 Å². The summed E-state index contributed by atoms with van der Waals surface area (Å²) >= 11 is 6.12. The van der Waals surface area contributed by atoms with Crippen LogP contribution in [-0.2, 0) is 11.2 Å². The molecule has 2 aromatic carbocycles. The minimum absolute atomic E-state index is 0.00542. The minimum atomic E-state index is -0.324. The van der Waals surface area contributed by atoms with Gasteiger partial charge in [-0.3, -0.25) is 4.79 Å². The molecule has 0 bridgehead atoms. The van der Waals surface area contributed by atoms with Gasteiger partial charge < -0.3 is 19.9 Å². The molecule has 1 aliphatic rings. The maximum atomic E-state index is 12.8. The van der Waals surface area contributed by atoms with Crippen molar-refractivity contribution in [3.05, 3.63) is 64.9 Å². The second-order valence-corrected chi connectivity index (χ2v) is 7.08. The van der Waals surface area contributed by atoms with E-state index in [9.17, 15) is 14.0 Å². The summed E-state index contributed by atoms with van der Waals surface area (Å²) in [4.78, 5) is 28.2. The number of piperazine rings is 1. The van der Waals surface area contributed by atoms with Crippen molar-refractivity contribution >= 4 is 23.5 Å². The fourth-order valence-electron chi connectivity index (χ4n) is 3.04. The van der Waals surface area contributed by atoms with E-state index < -0.39 is 0 Å². The summed E-state index contributed by atoms with van der Waals surface area (Å²) < 4.78 is 18.3. The summed E-state index contributed by atoms with van der Waals surface area (Å²) in [5.74, 6) is 0.229. The normalized spacial score (nSPS) is 13.9. The van der Waals surface area contributed by atoms with E-state index in [-0.39, 0.29) is 30.8 Å². The third-order valence-corrected chi connectivity index (χ3v) is 5.05. The van der Waals surface area contributed by atoms with Crippen molar-refractivity contribution in [3.63, 3.8) is 0 Å². The maximum absolute atomic E-state index is 12.8. The average molecular weight is 420 g/mol. The van der Waals surface area contributed by atoms with Gasteiger partial charge in [0.25, 0.3) is 0 Å². The van der Waals surface area contributed by atoms with Gasteiger partial charge in [-0.2, -0.15) is 0 Å². The molecule has 1 aliphatic heterocycles. The monoisotopic (exact) mass is 419 g/mol. The lowest BCUT2D eigenvalue weighted by Gasteiger charge is -2.34. The summed E-state index contributed by atoms with van der Waals surface area (Å²) in [6.45, 7) is 2.54. The van der Waals surface area contributed by atoms with Crippen LogP contribution in [0.15, 0.2) is 48.5 Å². The number of halogens is 2. The number of benzene rings is 2. The van der Waals surface area contributed by atoms with E-state index in [4.69, 9.17) is 16.3 Å². The first kappa shape index (κ1) is 20.9. The first-order valence-electron chi connectivity index (χ1n) is 9.45. The van der Waals surface area contributed by atoms with Gasteiger partial charge >= 0.3 is 6.03 Å². The molecule has 3 rings (SSSR count). The molecule has 0 atom stereocenters. The van der Waals surface area contributed by atoms with Crippen LogP contribution in [0.5, 0.6) is 5.75 Å². The number of carbonyl (C=O) groups is 2. The van der Waals surface area contributed by atoms with Crippen LogP contribution >= 0.6 is 11.6 Å². The number of nitrogens with one attached hydrogen (secondary N) is 1. The lowest BCUT2D eigenvalue weighted by Crippen LogP contribution is -2.53. The molecule has 0 radical (unpaired) electrons. The van der Waals surface area contributed by atoms with Gasteiger partial charge in [-0.15, -0.1) is 0 Å². The summed E-state index contributed by atoms with van der Waals surface area (Å²) in [6, 6.07) is 12.8. The molecule has 1 heterocycles. The topological polar surface area (TPSA) is 61.9 Å². The Morgan fingerprint density at radius 2 is 1.66 bits per heavy atom. The number of ether oxygens (including phenoxy) is 1. The number of hydrogen-bond acceptors (Lipinski definition) is 3. The van der Waals surface area contributed by atoms with E-state index in [2.05, 4.69) is 5.32 Å². The van der Waals surface area contributed by atoms with Gasteiger partial charge in [0.05, 0.1) is 13.0 Å². The Kier molecular flexibility index (Phi) is 7.30. The molecule has 0 aromatic heterocycles. The van der Waals surface area contributed by atoms with Crippen LogP contribution in [0.3, 0.4) is 0 Å². The van der Waals surface area contributed by atoms with Crippen molar-refractivity contribution in [1.82, 2.24) is 15.1 Å². The molecule has 8 heteroatoms. The summed E-state index contributed by atoms with van der Waals surface area (Å²) in [5, 5.41) is 3.38. The highest BCUT2D eigenvalue weighted by molar-refractivity contribution is 6.31. The fourth-order valence-corrected chi connectivity index (χ4v) is 3.25. The molecule has 3 amide bonds. The molecular weight excluding hydrogens is 397 g/mol. The highest BCUT2D eigenvalue weighted by atomic mass is 35.5. The third-order valence-electron chi connectivity index (χ3n) is 4.68. The highest BCUT2D eigenvalue weighted by Gasteiger charge is 2.24. The number of hydrogen-bond donors (Lipinski definition) is 1. The van der Waals surface area contributed by atoms with Crippen LogP contribution in [0.4, 0.5) is 9.18 Å². The third kappa shape index (κ3) is 6.09. The summed E-state index contributed by atoms with van der Waals surface area (Å²) in [6.07, 6.45) is 0.257. The molecule has 0 aliphatic carbocycles. The second-order valence-electron chi connectivity index (χ2n) is 6.67. The molecule has 2 aromatic rings.